The summed E-state index contributed by atoms with van der Waals surface area (Å²) in [5.41, 5.74) is 0.969. The van der Waals surface area contributed by atoms with Crippen LogP contribution in [0.3, 0.4) is 0 Å². The van der Waals surface area contributed by atoms with Gasteiger partial charge in [0, 0.05) is 18.2 Å². The summed E-state index contributed by atoms with van der Waals surface area (Å²) in [6.07, 6.45) is 0.283. The maximum absolute atomic E-state index is 11.7. The molecule has 1 fully saturated rings. The highest BCUT2D eigenvalue weighted by Gasteiger charge is 2.36. The van der Waals surface area contributed by atoms with E-state index in [0.717, 1.165) is 5.56 Å². The zero-order valence-corrected chi connectivity index (χ0v) is 11.8. The predicted molar refractivity (Wildman–Crippen MR) is 76.6 cm³/mol. The van der Waals surface area contributed by atoms with Crippen LogP contribution in [-0.2, 0) is 20.9 Å². The maximum atomic E-state index is 11.7. The van der Waals surface area contributed by atoms with Gasteiger partial charge in [0.1, 0.15) is 0 Å². The van der Waals surface area contributed by atoms with Crippen molar-refractivity contribution in [3.05, 3.63) is 35.9 Å². The SMILES string of the molecule is O=C(O)[C@H](COCc1ccccc1)N1CC(S)CC1=O. The number of likely N-dealkylation sites (tertiary alicyclic amines) is 1. The van der Waals surface area contributed by atoms with Gasteiger partial charge in [0.25, 0.3) is 0 Å². The van der Waals surface area contributed by atoms with Crippen molar-refractivity contribution in [1.29, 1.82) is 0 Å². The highest BCUT2D eigenvalue weighted by Crippen LogP contribution is 2.19. The molecule has 0 bridgehead atoms. The summed E-state index contributed by atoms with van der Waals surface area (Å²) in [5, 5.41) is 9.14. The van der Waals surface area contributed by atoms with Crippen molar-refractivity contribution in [2.45, 2.75) is 24.3 Å². The molecule has 1 aromatic rings. The van der Waals surface area contributed by atoms with Gasteiger partial charge in [-0.3, -0.25) is 4.79 Å². The van der Waals surface area contributed by atoms with E-state index in [0.29, 0.717) is 13.2 Å². The summed E-state index contributed by atoms with van der Waals surface area (Å²) < 4.78 is 5.44. The van der Waals surface area contributed by atoms with E-state index >= 15 is 0 Å². The summed E-state index contributed by atoms with van der Waals surface area (Å²) >= 11 is 4.23. The van der Waals surface area contributed by atoms with E-state index in [-0.39, 0.29) is 24.2 Å². The van der Waals surface area contributed by atoms with Crippen LogP contribution in [0.5, 0.6) is 0 Å². The van der Waals surface area contributed by atoms with Crippen molar-refractivity contribution in [2.24, 2.45) is 0 Å². The van der Waals surface area contributed by atoms with Gasteiger partial charge in [-0.2, -0.15) is 12.6 Å². The first kappa shape index (κ1) is 14.9. The van der Waals surface area contributed by atoms with Crippen molar-refractivity contribution in [3.63, 3.8) is 0 Å². The highest BCUT2D eigenvalue weighted by atomic mass is 32.1. The molecule has 20 heavy (non-hydrogen) atoms. The number of aliphatic carboxylic acids is 1. The van der Waals surface area contributed by atoms with Gasteiger partial charge in [-0.1, -0.05) is 30.3 Å². The maximum Gasteiger partial charge on any atom is 0.328 e. The third-order valence-electron chi connectivity index (χ3n) is 3.19. The molecule has 1 heterocycles. The van der Waals surface area contributed by atoms with Gasteiger partial charge >= 0.3 is 5.97 Å². The van der Waals surface area contributed by atoms with Crippen LogP contribution in [0.1, 0.15) is 12.0 Å². The molecule has 0 aliphatic carbocycles. The van der Waals surface area contributed by atoms with Crippen LogP contribution in [0.4, 0.5) is 0 Å². The van der Waals surface area contributed by atoms with E-state index in [1.54, 1.807) is 0 Å². The molecule has 0 saturated carbocycles. The van der Waals surface area contributed by atoms with E-state index in [4.69, 9.17) is 4.74 Å². The number of benzene rings is 1. The zero-order valence-electron chi connectivity index (χ0n) is 10.9. The fourth-order valence-electron chi connectivity index (χ4n) is 2.17. The molecule has 1 aliphatic rings. The molecule has 0 aromatic heterocycles. The molecular formula is C14H17NO4S. The van der Waals surface area contributed by atoms with Gasteiger partial charge in [0.15, 0.2) is 6.04 Å². The number of hydrogen-bond acceptors (Lipinski definition) is 4. The number of amides is 1. The average molecular weight is 295 g/mol. The summed E-state index contributed by atoms with van der Waals surface area (Å²) in [6.45, 7) is 0.668. The molecule has 1 unspecified atom stereocenters. The van der Waals surface area contributed by atoms with E-state index in [1.165, 1.54) is 4.90 Å². The number of hydrogen-bond donors (Lipinski definition) is 2. The lowest BCUT2D eigenvalue weighted by molar-refractivity contribution is -0.151. The summed E-state index contributed by atoms with van der Waals surface area (Å²) in [6, 6.07) is 8.55. The molecule has 0 spiro atoms. The number of carbonyl (C=O) groups excluding carboxylic acids is 1. The van der Waals surface area contributed by atoms with E-state index in [9.17, 15) is 14.7 Å². The molecule has 1 N–H and O–H groups in total. The lowest BCUT2D eigenvalue weighted by atomic mass is 10.2. The van der Waals surface area contributed by atoms with Crippen molar-refractivity contribution in [1.82, 2.24) is 4.90 Å². The summed E-state index contributed by atoms with van der Waals surface area (Å²) in [5.74, 6) is -1.23. The Hall–Kier alpha value is -1.53. The fraction of sp³-hybridized carbons (Fsp3) is 0.429. The normalized spacial score (nSPS) is 20.1. The van der Waals surface area contributed by atoms with Gasteiger partial charge in [-0.15, -0.1) is 0 Å². The summed E-state index contributed by atoms with van der Waals surface area (Å²) in [4.78, 5) is 24.3. The number of carboxylic acid groups (broad SMARTS) is 1. The highest BCUT2D eigenvalue weighted by molar-refractivity contribution is 7.81. The number of carbonyl (C=O) groups is 2. The molecule has 5 nitrogen and oxygen atoms in total. The first-order chi connectivity index (χ1) is 9.58. The fourth-order valence-corrected chi connectivity index (χ4v) is 2.50. The Kier molecular flexibility index (Phi) is 5.03. The molecule has 6 heteroatoms. The van der Waals surface area contributed by atoms with Gasteiger partial charge in [-0.05, 0) is 5.56 Å². The van der Waals surface area contributed by atoms with Crippen LogP contribution in [0.2, 0.25) is 0 Å². The Balaban J connectivity index is 1.90. The zero-order chi connectivity index (χ0) is 14.5. The van der Waals surface area contributed by atoms with Crippen LogP contribution in [0, 0.1) is 0 Å². The molecule has 1 saturated heterocycles. The smallest absolute Gasteiger partial charge is 0.328 e. The van der Waals surface area contributed by atoms with Gasteiger partial charge in [0.2, 0.25) is 5.91 Å². The Labute approximate surface area is 122 Å². The monoisotopic (exact) mass is 295 g/mol. The summed E-state index contributed by atoms with van der Waals surface area (Å²) in [7, 11) is 0. The predicted octanol–water partition coefficient (Wildman–Crippen LogP) is 1.19. The largest absolute Gasteiger partial charge is 0.480 e. The number of rotatable bonds is 6. The lowest BCUT2D eigenvalue weighted by Crippen LogP contribution is -2.45. The second-order valence-corrected chi connectivity index (χ2v) is 5.49. The molecule has 2 atom stereocenters. The number of ether oxygens (including phenoxy) is 1. The van der Waals surface area contributed by atoms with Crippen LogP contribution in [0.15, 0.2) is 30.3 Å². The molecule has 1 amide bonds. The average Bonchev–Trinajstić information content (AvgIpc) is 2.74. The lowest BCUT2D eigenvalue weighted by Gasteiger charge is -2.24. The minimum atomic E-state index is -1.05. The first-order valence-corrected chi connectivity index (χ1v) is 6.91. The van der Waals surface area contributed by atoms with Crippen molar-refractivity contribution in [3.8, 4) is 0 Å². The van der Waals surface area contributed by atoms with Crippen molar-refractivity contribution in [2.75, 3.05) is 13.2 Å². The Morgan fingerprint density at radius 3 is 2.70 bits per heavy atom. The van der Waals surface area contributed by atoms with E-state index in [1.807, 2.05) is 30.3 Å². The third kappa shape index (κ3) is 3.74. The van der Waals surface area contributed by atoms with Gasteiger partial charge < -0.3 is 14.7 Å². The molecule has 108 valence electrons. The first-order valence-electron chi connectivity index (χ1n) is 6.40. The quantitative estimate of drug-likeness (QED) is 0.774. The Morgan fingerprint density at radius 2 is 2.15 bits per heavy atom. The third-order valence-corrected chi connectivity index (χ3v) is 3.53. The van der Waals surface area contributed by atoms with Gasteiger partial charge in [-0.25, -0.2) is 4.79 Å². The Morgan fingerprint density at radius 1 is 1.45 bits per heavy atom. The van der Waals surface area contributed by atoms with Crippen molar-refractivity contribution < 1.29 is 19.4 Å². The van der Waals surface area contributed by atoms with Crippen LogP contribution in [-0.4, -0.2) is 46.3 Å². The molecule has 1 aromatic carbocycles. The van der Waals surface area contributed by atoms with Crippen molar-refractivity contribution >= 4 is 24.5 Å². The topological polar surface area (TPSA) is 66.8 Å². The molecule has 2 rings (SSSR count). The number of nitrogens with zero attached hydrogens (tertiary/aromatic N) is 1. The van der Waals surface area contributed by atoms with E-state index < -0.39 is 12.0 Å². The minimum Gasteiger partial charge on any atom is -0.480 e. The standard InChI is InChI=1S/C14H17NO4S/c16-13-6-11(20)7-15(13)12(14(17)18)9-19-8-10-4-2-1-3-5-10/h1-5,11-12,20H,6-9H2,(H,17,18)/t11?,12-/m0/s1. The van der Waals surface area contributed by atoms with Gasteiger partial charge in [0.05, 0.1) is 13.2 Å². The second-order valence-electron chi connectivity index (χ2n) is 4.76. The Bertz CT molecular complexity index is 479. The van der Waals surface area contributed by atoms with Crippen LogP contribution >= 0.6 is 12.6 Å². The number of carboxylic acids is 1. The minimum absolute atomic E-state index is 0.0174. The number of thiol groups is 1. The van der Waals surface area contributed by atoms with Crippen LogP contribution < -0.4 is 0 Å². The van der Waals surface area contributed by atoms with Crippen LogP contribution in [0.25, 0.3) is 0 Å². The molecule has 1 aliphatic heterocycles. The molecular weight excluding hydrogens is 278 g/mol. The van der Waals surface area contributed by atoms with E-state index in [2.05, 4.69) is 12.6 Å². The molecule has 0 radical (unpaired) electrons. The second kappa shape index (κ2) is 6.76.